The van der Waals surface area contributed by atoms with Gasteiger partial charge in [0.15, 0.2) is 5.82 Å². The molecule has 0 radical (unpaired) electrons. The zero-order valence-corrected chi connectivity index (χ0v) is 16.8. The fraction of sp³-hybridized carbons (Fsp3) is 0.850. The molecular formula is C20H34N4O3. The highest BCUT2D eigenvalue weighted by molar-refractivity contribution is 5.74. The number of carbonyl (C=O) groups excluding carboxylic acids is 1. The highest BCUT2D eigenvalue weighted by Gasteiger charge is 2.31. The zero-order chi connectivity index (χ0) is 19.1. The Morgan fingerprint density at radius 1 is 1.33 bits per heavy atom. The van der Waals surface area contributed by atoms with Crippen molar-refractivity contribution in [3.8, 4) is 0 Å². The van der Waals surface area contributed by atoms with Crippen molar-refractivity contribution in [2.45, 2.75) is 64.7 Å². The first kappa shape index (κ1) is 20.1. The van der Waals surface area contributed by atoms with E-state index in [1.807, 2.05) is 4.90 Å². The number of hydrogen-bond donors (Lipinski definition) is 1. The van der Waals surface area contributed by atoms with E-state index < -0.39 is 0 Å². The molecule has 7 nitrogen and oxygen atoms in total. The summed E-state index contributed by atoms with van der Waals surface area (Å²) in [5.41, 5.74) is 0. The molecule has 1 aliphatic heterocycles. The molecule has 27 heavy (non-hydrogen) atoms. The highest BCUT2D eigenvalue weighted by atomic mass is 16.5. The number of urea groups is 1. The molecule has 2 amide bonds. The van der Waals surface area contributed by atoms with E-state index in [1.165, 1.54) is 25.7 Å². The number of rotatable bonds is 9. The van der Waals surface area contributed by atoms with Crippen molar-refractivity contribution in [2.24, 2.45) is 11.8 Å². The maximum Gasteiger partial charge on any atom is 0.317 e. The van der Waals surface area contributed by atoms with Gasteiger partial charge in [0.2, 0.25) is 5.89 Å². The van der Waals surface area contributed by atoms with Crippen LogP contribution in [0.5, 0.6) is 0 Å². The van der Waals surface area contributed by atoms with Crippen LogP contribution in [0.4, 0.5) is 4.79 Å². The van der Waals surface area contributed by atoms with Crippen LogP contribution in [0.3, 0.4) is 0 Å². The summed E-state index contributed by atoms with van der Waals surface area (Å²) in [6.07, 6.45) is 7.84. The molecule has 1 saturated heterocycles. The molecule has 0 spiro atoms. The van der Waals surface area contributed by atoms with Crippen LogP contribution in [0, 0.1) is 11.8 Å². The van der Waals surface area contributed by atoms with Crippen molar-refractivity contribution in [3.05, 3.63) is 11.7 Å². The summed E-state index contributed by atoms with van der Waals surface area (Å²) in [6, 6.07) is 0.0122. The lowest BCUT2D eigenvalue weighted by Gasteiger charge is -2.17. The molecule has 1 saturated carbocycles. The number of ether oxygens (including phenoxy) is 1. The summed E-state index contributed by atoms with van der Waals surface area (Å²) in [4.78, 5) is 18.6. The predicted molar refractivity (Wildman–Crippen MR) is 103 cm³/mol. The quantitative estimate of drug-likeness (QED) is 0.667. The Hall–Kier alpha value is -1.63. The van der Waals surface area contributed by atoms with Gasteiger partial charge in [0.1, 0.15) is 0 Å². The van der Waals surface area contributed by atoms with Gasteiger partial charge in [-0.25, -0.2) is 4.79 Å². The lowest BCUT2D eigenvalue weighted by atomic mass is 10.1. The van der Waals surface area contributed by atoms with E-state index in [0.29, 0.717) is 37.2 Å². The fourth-order valence-electron chi connectivity index (χ4n) is 3.85. The van der Waals surface area contributed by atoms with E-state index >= 15 is 0 Å². The van der Waals surface area contributed by atoms with Crippen molar-refractivity contribution >= 4 is 6.03 Å². The normalized spacial score (nSPS) is 20.7. The summed E-state index contributed by atoms with van der Waals surface area (Å²) in [5.74, 6) is 2.83. The largest absolute Gasteiger partial charge is 0.381 e. The van der Waals surface area contributed by atoms with Gasteiger partial charge in [-0.15, -0.1) is 0 Å². The molecule has 2 heterocycles. The third kappa shape index (κ3) is 6.19. The number of carbonyl (C=O) groups is 1. The Morgan fingerprint density at radius 3 is 2.93 bits per heavy atom. The monoisotopic (exact) mass is 378 g/mol. The smallest absolute Gasteiger partial charge is 0.317 e. The van der Waals surface area contributed by atoms with Crippen molar-refractivity contribution in [2.75, 3.05) is 32.8 Å². The van der Waals surface area contributed by atoms with Crippen LogP contribution in [0.15, 0.2) is 4.52 Å². The van der Waals surface area contributed by atoms with Crippen LogP contribution in [-0.4, -0.2) is 53.9 Å². The van der Waals surface area contributed by atoms with Gasteiger partial charge in [-0.1, -0.05) is 31.8 Å². The predicted octanol–water partition coefficient (Wildman–Crippen LogP) is 3.36. The second-order valence-corrected chi connectivity index (χ2v) is 8.37. The van der Waals surface area contributed by atoms with E-state index in [2.05, 4.69) is 29.3 Å². The lowest BCUT2D eigenvalue weighted by molar-refractivity contribution is 0.102. The van der Waals surface area contributed by atoms with Crippen molar-refractivity contribution in [1.82, 2.24) is 20.4 Å². The number of amides is 2. The first-order valence-electron chi connectivity index (χ1n) is 10.5. The van der Waals surface area contributed by atoms with Crippen molar-refractivity contribution in [1.29, 1.82) is 0 Å². The second kappa shape index (κ2) is 10.1. The van der Waals surface area contributed by atoms with E-state index in [-0.39, 0.29) is 11.9 Å². The molecule has 1 unspecified atom stereocenters. The zero-order valence-electron chi connectivity index (χ0n) is 16.8. The number of hydrogen-bond acceptors (Lipinski definition) is 5. The van der Waals surface area contributed by atoms with Gasteiger partial charge in [-0.3, -0.25) is 0 Å². The molecule has 1 atom stereocenters. The van der Waals surface area contributed by atoms with Crippen LogP contribution >= 0.6 is 0 Å². The van der Waals surface area contributed by atoms with Gasteiger partial charge in [0.05, 0.1) is 12.5 Å². The van der Waals surface area contributed by atoms with Gasteiger partial charge in [0.25, 0.3) is 0 Å². The van der Waals surface area contributed by atoms with Crippen LogP contribution in [-0.2, 0) is 11.2 Å². The van der Waals surface area contributed by atoms with Crippen molar-refractivity contribution in [3.63, 3.8) is 0 Å². The van der Waals surface area contributed by atoms with Gasteiger partial charge >= 0.3 is 6.03 Å². The molecular weight excluding hydrogens is 344 g/mol. The number of aromatic nitrogens is 2. The average molecular weight is 379 g/mol. The Bertz CT molecular complexity index is 584. The van der Waals surface area contributed by atoms with Gasteiger partial charge < -0.3 is 19.5 Å². The molecule has 1 N–H and O–H groups in total. The SMILES string of the molecule is CC(C)CCNC(=O)N1CCC(c2nc(CCOCC3CCCC3)no2)C1. The maximum absolute atomic E-state index is 12.2. The van der Waals surface area contributed by atoms with E-state index in [9.17, 15) is 4.79 Å². The first-order valence-corrected chi connectivity index (χ1v) is 10.5. The molecule has 0 aromatic carbocycles. The summed E-state index contributed by atoms with van der Waals surface area (Å²) in [5, 5.41) is 7.08. The summed E-state index contributed by atoms with van der Waals surface area (Å²) >= 11 is 0. The summed E-state index contributed by atoms with van der Waals surface area (Å²) in [6.45, 7) is 7.92. The minimum Gasteiger partial charge on any atom is -0.381 e. The molecule has 152 valence electrons. The summed E-state index contributed by atoms with van der Waals surface area (Å²) < 4.78 is 11.2. The maximum atomic E-state index is 12.2. The fourth-order valence-corrected chi connectivity index (χ4v) is 3.85. The molecule has 7 heteroatoms. The van der Waals surface area contributed by atoms with Crippen LogP contribution in [0.2, 0.25) is 0 Å². The Labute approximate surface area is 162 Å². The number of nitrogens with one attached hydrogen (secondary N) is 1. The first-order chi connectivity index (χ1) is 13.1. The van der Waals surface area contributed by atoms with E-state index in [1.54, 1.807) is 0 Å². The number of likely N-dealkylation sites (tertiary alicyclic amines) is 1. The average Bonchev–Trinajstić information content (AvgIpc) is 3.39. The minimum absolute atomic E-state index is 0.0122. The van der Waals surface area contributed by atoms with E-state index in [4.69, 9.17) is 9.26 Å². The third-order valence-electron chi connectivity index (χ3n) is 5.60. The van der Waals surface area contributed by atoms with Crippen LogP contribution in [0.25, 0.3) is 0 Å². The van der Waals surface area contributed by atoms with Crippen molar-refractivity contribution < 1.29 is 14.1 Å². The van der Waals surface area contributed by atoms with Gasteiger partial charge in [-0.2, -0.15) is 4.98 Å². The van der Waals surface area contributed by atoms with E-state index in [0.717, 1.165) is 38.5 Å². The highest BCUT2D eigenvalue weighted by Crippen LogP contribution is 2.26. The Morgan fingerprint density at radius 2 is 2.15 bits per heavy atom. The molecule has 2 fully saturated rings. The van der Waals surface area contributed by atoms with Gasteiger partial charge in [-0.05, 0) is 37.5 Å². The summed E-state index contributed by atoms with van der Waals surface area (Å²) in [7, 11) is 0. The standard InChI is InChI=1S/C20H34N4O3/c1-15(2)7-10-21-20(25)24-11-8-17(13-24)19-22-18(23-27-19)9-12-26-14-16-5-3-4-6-16/h15-17H,3-14H2,1-2H3,(H,21,25). The minimum atomic E-state index is 0.0122. The second-order valence-electron chi connectivity index (χ2n) is 8.37. The number of nitrogens with zero attached hydrogens (tertiary/aromatic N) is 3. The Kier molecular flexibility index (Phi) is 7.50. The molecule has 3 rings (SSSR count). The van der Waals surface area contributed by atoms with Crippen LogP contribution < -0.4 is 5.32 Å². The molecule has 1 aromatic rings. The van der Waals surface area contributed by atoms with Crippen LogP contribution in [0.1, 0.15) is 70.0 Å². The van der Waals surface area contributed by atoms with Gasteiger partial charge in [0, 0.05) is 32.7 Å². The Balaban J connectivity index is 1.36. The molecule has 0 bridgehead atoms. The third-order valence-corrected chi connectivity index (χ3v) is 5.60. The lowest BCUT2D eigenvalue weighted by Crippen LogP contribution is -2.39. The molecule has 1 aliphatic carbocycles. The molecule has 1 aromatic heterocycles. The molecule has 2 aliphatic rings. The topological polar surface area (TPSA) is 80.5 Å².